The Labute approximate surface area is 507 Å². The van der Waals surface area contributed by atoms with Gasteiger partial charge in [0, 0.05) is 91.3 Å². The zero-order valence-electron chi connectivity index (χ0n) is 54.3. The van der Waals surface area contributed by atoms with Crippen molar-refractivity contribution in [2.75, 3.05) is 0 Å². The number of hydrogen-bond donors (Lipinski definition) is 4. The van der Waals surface area contributed by atoms with Crippen LogP contribution in [0, 0.1) is 0 Å². The van der Waals surface area contributed by atoms with Gasteiger partial charge in [-0.3, -0.25) is 20.0 Å². The molecule has 9 nitrogen and oxygen atoms in total. The Balaban J connectivity index is 1.07. The fourth-order valence-electron chi connectivity index (χ4n) is 12.3. The average Bonchev–Trinajstić information content (AvgIpc) is 1.73. The van der Waals surface area contributed by atoms with Crippen LogP contribution in [-0.2, 0) is 32.5 Å². The summed E-state index contributed by atoms with van der Waals surface area (Å²) in [5, 5.41) is 49.4. The van der Waals surface area contributed by atoms with Crippen molar-refractivity contribution in [3.63, 3.8) is 0 Å². The molecule has 9 rings (SSSR count). The van der Waals surface area contributed by atoms with Crippen molar-refractivity contribution >= 4 is 46.8 Å². The quantitative estimate of drug-likeness (QED) is 0.101. The van der Waals surface area contributed by atoms with Gasteiger partial charge in [-0.25, -0.2) is 0 Å². The molecule has 1 heterocycles. The zero-order chi connectivity index (χ0) is 61.9. The number of rotatable bonds is 10. The third-order valence-electron chi connectivity index (χ3n) is 17.7. The molecule has 0 radical (unpaired) electrons. The van der Waals surface area contributed by atoms with E-state index in [1.165, 1.54) is 0 Å². The summed E-state index contributed by atoms with van der Waals surface area (Å²) in [4.78, 5) is 20.8. The number of benzene rings is 6. The molecule has 2 aliphatic rings. The number of hydrogen-bond acceptors (Lipinski definition) is 9. The van der Waals surface area contributed by atoms with Gasteiger partial charge < -0.3 is 24.8 Å². The maximum Gasteiger partial charge on any atom is 0.143 e. The number of nitrogens with zero attached hydrogens (tertiary/aromatic N) is 4. The lowest BCUT2D eigenvalue weighted by atomic mass is 9.79. The molecule has 2 fully saturated rings. The van der Waals surface area contributed by atoms with Crippen molar-refractivity contribution in [2.24, 2.45) is 20.0 Å². The van der Waals surface area contributed by atoms with Crippen molar-refractivity contribution in [3.8, 4) is 45.3 Å². The van der Waals surface area contributed by atoms with Crippen LogP contribution in [0.2, 0.25) is 0 Å². The van der Waals surface area contributed by atoms with Crippen molar-refractivity contribution in [1.82, 2.24) is 0 Å². The normalized spacial score (nSPS) is 19.0. The molecule has 2 aliphatic carbocycles. The molecule has 4 unspecified atom stereocenters. The van der Waals surface area contributed by atoms with Crippen molar-refractivity contribution in [1.29, 1.82) is 0 Å². The van der Waals surface area contributed by atoms with Gasteiger partial charge in [0.05, 0.1) is 24.2 Å². The van der Waals surface area contributed by atoms with E-state index in [9.17, 15) is 20.4 Å². The van der Waals surface area contributed by atoms with Crippen molar-refractivity contribution in [3.05, 3.63) is 141 Å². The van der Waals surface area contributed by atoms with Gasteiger partial charge in [0.25, 0.3) is 0 Å². The van der Waals surface area contributed by atoms with Gasteiger partial charge in [0.2, 0.25) is 0 Å². The summed E-state index contributed by atoms with van der Waals surface area (Å²) >= 11 is 0. The lowest BCUT2D eigenvalue weighted by Crippen LogP contribution is -2.27. The molecule has 6 aromatic carbocycles. The van der Waals surface area contributed by atoms with E-state index < -0.39 is 10.8 Å². The molecule has 9 heteroatoms. The molecule has 4 atom stereocenters. The summed E-state index contributed by atoms with van der Waals surface area (Å²) in [6, 6.07) is 28.9. The van der Waals surface area contributed by atoms with Crippen LogP contribution < -0.4 is 0 Å². The highest BCUT2D eigenvalue weighted by Crippen LogP contribution is 2.46. The minimum atomic E-state index is -0.403. The van der Waals surface area contributed by atoms with E-state index in [-0.39, 0.29) is 68.8 Å². The fourth-order valence-corrected chi connectivity index (χ4v) is 12.3. The van der Waals surface area contributed by atoms with E-state index in [0.717, 1.165) is 140 Å². The summed E-state index contributed by atoms with van der Waals surface area (Å²) in [6.45, 7) is 38.7. The molecule has 0 bridgehead atoms. The van der Waals surface area contributed by atoms with Crippen molar-refractivity contribution < 1.29 is 24.8 Å². The predicted octanol–water partition coefficient (Wildman–Crippen LogP) is 19.2. The Kier molecular flexibility index (Phi) is 17.2. The first-order valence-corrected chi connectivity index (χ1v) is 31.2. The van der Waals surface area contributed by atoms with Gasteiger partial charge in [-0.15, -0.1) is 0 Å². The van der Waals surface area contributed by atoms with E-state index in [1.54, 1.807) is 0 Å². The highest BCUT2D eigenvalue weighted by atomic mass is 16.3. The molecule has 0 spiro atoms. The highest BCUT2D eigenvalue weighted by molar-refractivity contribution is 6.13. The highest BCUT2D eigenvalue weighted by Gasteiger charge is 2.31. The number of aliphatic imine (C=N–C) groups is 4. The number of phenolic OH excluding ortho intramolecular Hbond substituents is 4. The SMILES string of the molecule is CC(C)(C)c1cc(C=NC2CCCCC2N=Cc2cc(-c3cccc4c3oc3c(-c5cc(C=NC6CCCCC6N=Cc6cc(C(C)(C)C)cc(C(C)(C)C)c6O)c(O)c(C(C)(C)C)c5)cccc34)cc(C(C)(C)C)c2O)c(O)c(C(C)(C)C)c1. The molecule has 450 valence electrons. The topological polar surface area (TPSA) is 144 Å². The largest absolute Gasteiger partial charge is 0.507 e. The maximum absolute atomic E-state index is 12.1. The van der Waals surface area contributed by atoms with Crippen LogP contribution >= 0.6 is 0 Å². The summed E-state index contributed by atoms with van der Waals surface area (Å²) < 4.78 is 7.14. The molecule has 0 aliphatic heterocycles. The lowest BCUT2D eigenvalue weighted by Gasteiger charge is -2.28. The monoisotopic (exact) mass is 1140 g/mol. The van der Waals surface area contributed by atoms with E-state index in [4.69, 9.17) is 24.4 Å². The van der Waals surface area contributed by atoms with E-state index in [2.05, 4.69) is 197 Å². The van der Waals surface area contributed by atoms with Gasteiger partial charge in [0.1, 0.15) is 34.2 Å². The first kappa shape index (κ1) is 62.5. The Bertz CT molecular complexity index is 3510. The van der Waals surface area contributed by atoms with E-state index in [1.807, 2.05) is 37.0 Å². The van der Waals surface area contributed by atoms with Gasteiger partial charge >= 0.3 is 0 Å². The van der Waals surface area contributed by atoms with E-state index in [0.29, 0.717) is 11.1 Å². The van der Waals surface area contributed by atoms with Crippen LogP contribution in [0.5, 0.6) is 23.0 Å². The maximum atomic E-state index is 12.1. The van der Waals surface area contributed by atoms with Gasteiger partial charge in [-0.2, -0.15) is 0 Å². The standard InChI is InChI=1S/C76H96N4O5/c1-71(2,3)51-35-49(67(83)59(39-51)75(13,14)15)43-79-63-31-21-19-29-61(63)77-41-47-33-45(37-57(65(47)81)73(7,8)9)53-25-23-27-55-56-28-24-26-54(70(56)85-69(53)55)46-34-48(66(82)58(38-46)74(10,11)12)42-78-62-30-20-22-32-64(62)80-44-50-36-52(72(4,5)6)40-60(68(50)84)76(16,17)18/h23-28,33-44,61-64,81-84H,19-22,29-32H2,1-18H3. The summed E-state index contributed by atoms with van der Waals surface area (Å²) in [7, 11) is 0. The number of fused-ring (bicyclic) bond motifs is 3. The third kappa shape index (κ3) is 13.5. The number of para-hydroxylation sites is 2. The van der Waals surface area contributed by atoms with Crippen LogP contribution in [0.1, 0.15) is 232 Å². The minimum absolute atomic E-state index is 0.0840. The molecule has 7 aromatic rings. The van der Waals surface area contributed by atoms with Crippen LogP contribution in [-0.4, -0.2) is 69.5 Å². The second kappa shape index (κ2) is 23.4. The van der Waals surface area contributed by atoms with Gasteiger partial charge in [-0.05, 0) is 117 Å². The van der Waals surface area contributed by atoms with Crippen LogP contribution in [0.25, 0.3) is 44.2 Å². The second-order valence-electron chi connectivity index (χ2n) is 30.8. The Morgan fingerprint density at radius 3 is 0.894 bits per heavy atom. The Morgan fingerprint density at radius 1 is 0.353 bits per heavy atom. The van der Waals surface area contributed by atoms with Crippen LogP contribution in [0.15, 0.2) is 109 Å². The molecule has 0 saturated heterocycles. The molecule has 2 saturated carbocycles. The van der Waals surface area contributed by atoms with Crippen LogP contribution in [0.3, 0.4) is 0 Å². The lowest BCUT2D eigenvalue weighted by molar-refractivity contribution is 0.390. The molecule has 85 heavy (non-hydrogen) atoms. The number of furan rings is 1. The summed E-state index contributed by atoms with van der Waals surface area (Å²) in [5.74, 6) is 0.970. The van der Waals surface area contributed by atoms with Crippen molar-refractivity contribution in [2.45, 2.75) is 233 Å². The summed E-state index contributed by atoms with van der Waals surface area (Å²) in [5.41, 5.74) is 12.1. The smallest absolute Gasteiger partial charge is 0.143 e. The van der Waals surface area contributed by atoms with Gasteiger partial charge in [0.15, 0.2) is 0 Å². The fraction of sp³-hybridized carbons (Fsp3) is 0.474. The minimum Gasteiger partial charge on any atom is -0.507 e. The Hall–Kier alpha value is -7.00. The second-order valence-corrected chi connectivity index (χ2v) is 30.8. The third-order valence-corrected chi connectivity index (χ3v) is 17.7. The van der Waals surface area contributed by atoms with Gasteiger partial charge in [-0.1, -0.05) is 199 Å². The predicted molar refractivity (Wildman–Crippen MR) is 359 cm³/mol. The molecule has 4 N–H and O–H groups in total. The van der Waals surface area contributed by atoms with E-state index >= 15 is 0 Å². The first-order valence-electron chi connectivity index (χ1n) is 31.2. The molecule has 0 amide bonds. The number of aromatic hydroxyl groups is 4. The molecule has 1 aromatic heterocycles. The number of phenols is 4. The average molecular weight is 1150 g/mol. The zero-order valence-corrected chi connectivity index (χ0v) is 54.3. The molecular formula is C76H96N4O5. The van der Waals surface area contributed by atoms with Crippen LogP contribution in [0.4, 0.5) is 0 Å². The Morgan fingerprint density at radius 2 is 0.624 bits per heavy atom. The first-order chi connectivity index (χ1) is 39.6. The summed E-state index contributed by atoms with van der Waals surface area (Å²) in [6.07, 6.45) is 15.1. The molecular weight excluding hydrogens is 1050 g/mol.